The van der Waals surface area contributed by atoms with E-state index in [0.717, 1.165) is 0 Å². The Hall–Kier alpha value is -3.01. The van der Waals surface area contributed by atoms with E-state index in [4.69, 9.17) is 0 Å². The molecular weight excluding hydrogens is 268 g/mol. The van der Waals surface area contributed by atoms with E-state index in [9.17, 15) is 19.5 Å². The highest BCUT2D eigenvalue weighted by atomic mass is 16.3. The van der Waals surface area contributed by atoms with Crippen molar-refractivity contribution in [3.05, 3.63) is 76.9 Å². The third kappa shape index (κ3) is 1.97. The first-order valence-corrected chi connectivity index (χ1v) is 6.32. The number of aliphatic hydroxyl groups is 1. The summed E-state index contributed by atoms with van der Waals surface area (Å²) in [5.74, 6) is -2.84. The Morgan fingerprint density at radius 1 is 0.667 bits per heavy atom. The maximum atomic E-state index is 12.4. The molecule has 0 heterocycles. The molecule has 0 spiro atoms. The van der Waals surface area contributed by atoms with Gasteiger partial charge >= 0.3 is 0 Å². The van der Waals surface area contributed by atoms with Crippen LogP contribution in [0.4, 0.5) is 0 Å². The highest BCUT2D eigenvalue weighted by Gasteiger charge is 2.37. The Morgan fingerprint density at radius 3 is 1.81 bits per heavy atom. The molecule has 1 N–H and O–H groups in total. The van der Waals surface area contributed by atoms with E-state index in [0.29, 0.717) is 5.56 Å². The largest absolute Gasteiger partial charge is 0.506 e. The van der Waals surface area contributed by atoms with Crippen molar-refractivity contribution < 1.29 is 19.5 Å². The molecule has 0 aromatic heterocycles. The fourth-order valence-electron chi connectivity index (χ4n) is 2.31. The van der Waals surface area contributed by atoms with Gasteiger partial charge in [0.1, 0.15) is 11.3 Å². The number of aliphatic hydroxyl groups excluding tert-OH is 1. The topological polar surface area (TPSA) is 71.4 Å². The van der Waals surface area contributed by atoms with Gasteiger partial charge in [-0.05, 0) is 0 Å². The molecule has 0 aliphatic heterocycles. The van der Waals surface area contributed by atoms with Crippen LogP contribution in [0.1, 0.15) is 26.3 Å². The van der Waals surface area contributed by atoms with Gasteiger partial charge in [-0.3, -0.25) is 14.4 Å². The zero-order chi connectivity index (χ0) is 15.0. The lowest BCUT2D eigenvalue weighted by atomic mass is 9.83. The zero-order valence-corrected chi connectivity index (χ0v) is 10.9. The highest BCUT2D eigenvalue weighted by molar-refractivity contribution is 6.60. The van der Waals surface area contributed by atoms with Gasteiger partial charge in [0.2, 0.25) is 17.3 Å². The summed E-state index contributed by atoms with van der Waals surface area (Å²) in [5, 5.41) is 10.2. The minimum absolute atomic E-state index is 0.0807. The van der Waals surface area contributed by atoms with Crippen molar-refractivity contribution in [3.8, 4) is 0 Å². The number of carbonyl (C=O) groups is 3. The normalized spacial score (nSPS) is 16.7. The Bertz CT molecular complexity index is 801. The van der Waals surface area contributed by atoms with Crippen molar-refractivity contribution in [2.24, 2.45) is 0 Å². The molecule has 0 amide bonds. The van der Waals surface area contributed by atoms with Crippen LogP contribution in [-0.4, -0.2) is 22.5 Å². The van der Waals surface area contributed by atoms with Gasteiger partial charge in [0.25, 0.3) is 0 Å². The maximum Gasteiger partial charge on any atom is 0.241 e. The molecule has 1 aliphatic carbocycles. The summed E-state index contributed by atoms with van der Waals surface area (Å²) in [7, 11) is 0. The zero-order valence-electron chi connectivity index (χ0n) is 10.9. The van der Waals surface area contributed by atoms with Gasteiger partial charge in [0.05, 0.1) is 0 Å². The molecule has 0 bridgehead atoms. The summed E-state index contributed by atoms with van der Waals surface area (Å²) in [5.41, 5.74) is 0.0722. The molecule has 0 atom stereocenters. The number of Topliss-reactive ketones (excluding diaryl/α,β-unsaturated/α-hetero) is 3. The minimum atomic E-state index is -0.972. The lowest BCUT2D eigenvalue weighted by molar-refractivity contribution is -0.111. The van der Waals surface area contributed by atoms with Crippen LogP contribution in [0, 0.1) is 0 Å². The van der Waals surface area contributed by atoms with Crippen LogP contribution >= 0.6 is 0 Å². The number of ketones is 3. The quantitative estimate of drug-likeness (QED) is 0.377. The Balaban J connectivity index is 2.24. The summed E-state index contributed by atoms with van der Waals surface area (Å²) in [6, 6.07) is 14.3. The molecule has 4 nitrogen and oxygen atoms in total. The van der Waals surface area contributed by atoms with Gasteiger partial charge in [0, 0.05) is 16.7 Å². The molecule has 2 aromatic carbocycles. The molecule has 2 aromatic rings. The molecule has 3 rings (SSSR count). The van der Waals surface area contributed by atoms with Crippen LogP contribution in [-0.2, 0) is 4.79 Å². The third-order valence-corrected chi connectivity index (χ3v) is 3.36. The summed E-state index contributed by atoms with van der Waals surface area (Å²) >= 11 is 0. The molecule has 0 unspecified atom stereocenters. The second kappa shape index (κ2) is 4.83. The summed E-state index contributed by atoms with van der Waals surface area (Å²) in [4.78, 5) is 36.6. The summed E-state index contributed by atoms with van der Waals surface area (Å²) < 4.78 is 0. The van der Waals surface area contributed by atoms with Gasteiger partial charge in [0.15, 0.2) is 0 Å². The molecule has 1 aliphatic rings. The Labute approximate surface area is 120 Å². The standard InChI is InChI=1S/C17H10O4/c18-14(10-6-2-1-3-7-10)13-15(19)11-8-4-5-9-12(11)16(20)17(13)21/h1-9,18H/b14-13+. The van der Waals surface area contributed by atoms with E-state index >= 15 is 0 Å². The molecule has 102 valence electrons. The average Bonchev–Trinajstić information content (AvgIpc) is 2.53. The van der Waals surface area contributed by atoms with Crippen LogP contribution in [0.2, 0.25) is 0 Å². The molecule has 0 fully saturated rings. The van der Waals surface area contributed by atoms with Crippen molar-refractivity contribution in [2.45, 2.75) is 0 Å². The first-order valence-electron chi connectivity index (χ1n) is 6.32. The number of rotatable bonds is 1. The molecule has 21 heavy (non-hydrogen) atoms. The average molecular weight is 278 g/mol. The van der Waals surface area contributed by atoms with Crippen LogP contribution in [0.15, 0.2) is 60.2 Å². The smallest absolute Gasteiger partial charge is 0.241 e. The molecule has 0 saturated carbocycles. The van der Waals surface area contributed by atoms with Crippen molar-refractivity contribution in [3.63, 3.8) is 0 Å². The van der Waals surface area contributed by atoms with Gasteiger partial charge in [-0.2, -0.15) is 0 Å². The lowest BCUT2D eigenvalue weighted by Crippen LogP contribution is -2.30. The van der Waals surface area contributed by atoms with Crippen LogP contribution in [0.25, 0.3) is 5.76 Å². The van der Waals surface area contributed by atoms with E-state index in [1.165, 1.54) is 12.1 Å². The number of fused-ring (bicyclic) bond motifs is 1. The van der Waals surface area contributed by atoms with Gasteiger partial charge in [-0.25, -0.2) is 0 Å². The second-order valence-electron chi connectivity index (χ2n) is 4.62. The molecule has 0 radical (unpaired) electrons. The van der Waals surface area contributed by atoms with E-state index < -0.39 is 28.7 Å². The fourth-order valence-corrected chi connectivity index (χ4v) is 2.31. The predicted molar refractivity (Wildman–Crippen MR) is 76.1 cm³/mol. The van der Waals surface area contributed by atoms with Crippen molar-refractivity contribution in [1.29, 1.82) is 0 Å². The molecule has 0 saturated heterocycles. The van der Waals surface area contributed by atoms with Gasteiger partial charge in [-0.1, -0.05) is 54.6 Å². The monoisotopic (exact) mass is 278 g/mol. The summed E-state index contributed by atoms with van der Waals surface area (Å²) in [6.07, 6.45) is 0. The number of carbonyl (C=O) groups excluding carboxylic acids is 3. The second-order valence-corrected chi connectivity index (χ2v) is 4.62. The number of benzene rings is 2. The fraction of sp³-hybridized carbons (Fsp3) is 0. The predicted octanol–water partition coefficient (Wildman–Crippen LogP) is 2.60. The van der Waals surface area contributed by atoms with E-state index in [2.05, 4.69) is 0 Å². The number of allylic oxidation sites excluding steroid dienone is 1. The lowest BCUT2D eigenvalue weighted by Gasteiger charge is -2.16. The van der Waals surface area contributed by atoms with Gasteiger partial charge in [-0.15, -0.1) is 0 Å². The highest BCUT2D eigenvalue weighted by Crippen LogP contribution is 2.27. The minimum Gasteiger partial charge on any atom is -0.506 e. The Kier molecular flexibility index (Phi) is 2.99. The van der Waals surface area contributed by atoms with Crippen LogP contribution in [0.5, 0.6) is 0 Å². The Morgan fingerprint density at radius 2 is 1.19 bits per heavy atom. The first kappa shape index (κ1) is 13.0. The van der Waals surface area contributed by atoms with Crippen LogP contribution < -0.4 is 0 Å². The van der Waals surface area contributed by atoms with Crippen molar-refractivity contribution in [1.82, 2.24) is 0 Å². The van der Waals surface area contributed by atoms with E-state index in [1.54, 1.807) is 42.5 Å². The molecule has 4 heteroatoms. The van der Waals surface area contributed by atoms with Gasteiger partial charge < -0.3 is 5.11 Å². The van der Waals surface area contributed by atoms with Crippen LogP contribution in [0.3, 0.4) is 0 Å². The number of hydrogen-bond acceptors (Lipinski definition) is 4. The van der Waals surface area contributed by atoms with E-state index in [-0.39, 0.29) is 11.1 Å². The SMILES string of the molecule is O=C1C(=O)c2ccccc2C(=O)/C1=C(\O)c1ccccc1. The third-order valence-electron chi connectivity index (χ3n) is 3.36. The van der Waals surface area contributed by atoms with Crippen molar-refractivity contribution >= 4 is 23.1 Å². The summed E-state index contributed by atoms with van der Waals surface area (Å²) in [6.45, 7) is 0. The van der Waals surface area contributed by atoms with E-state index in [1.807, 2.05) is 0 Å². The number of hydrogen-bond donors (Lipinski definition) is 1. The van der Waals surface area contributed by atoms with Crippen molar-refractivity contribution in [2.75, 3.05) is 0 Å². The first-order chi connectivity index (χ1) is 10.1. The maximum absolute atomic E-state index is 12.4. The molecular formula is C17H10O4.